The molecular weight excluding hydrogens is 356 g/mol. The average Bonchev–Trinajstić information content (AvgIpc) is 3.10. The molecule has 0 aromatic heterocycles. The summed E-state index contributed by atoms with van der Waals surface area (Å²) in [4.78, 5) is 22.8. The lowest BCUT2D eigenvalue weighted by molar-refractivity contribution is -0.385. The predicted molar refractivity (Wildman–Crippen MR) is 97.9 cm³/mol. The molecular formula is C19H15ClN2O4. The van der Waals surface area contributed by atoms with Gasteiger partial charge < -0.3 is 10.4 Å². The van der Waals surface area contributed by atoms with Gasteiger partial charge in [-0.1, -0.05) is 35.9 Å². The van der Waals surface area contributed by atoms with E-state index < -0.39 is 10.9 Å². The topological polar surface area (TPSA) is 92.5 Å². The second kappa shape index (κ2) is 6.14. The van der Waals surface area contributed by atoms with E-state index in [1.54, 1.807) is 12.1 Å². The molecule has 2 N–H and O–H groups in total. The quantitative estimate of drug-likeness (QED) is 0.461. The molecule has 0 saturated heterocycles. The third-order valence-corrected chi connectivity index (χ3v) is 5.40. The van der Waals surface area contributed by atoms with E-state index in [1.807, 2.05) is 24.3 Å². The Bertz CT molecular complexity index is 939. The smallest absolute Gasteiger partial charge is 0.337 e. The Morgan fingerprint density at radius 2 is 1.96 bits per heavy atom. The van der Waals surface area contributed by atoms with E-state index in [0.717, 1.165) is 12.0 Å². The minimum Gasteiger partial charge on any atom is -0.478 e. The Morgan fingerprint density at radius 1 is 1.23 bits per heavy atom. The van der Waals surface area contributed by atoms with Crippen LogP contribution in [0.15, 0.2) is 48.6 Å². The zero-order valence-electron chi connectivity index (χ0n) is 13.6. The Kier molecular flexibility index (Phi) is 3.92. The van der Waals surface area contributed by atoms with Gasteiger partial charge in [0.1, 0.15) is 0 Å². The monoisotopic (exact) mass is 370 g/mol. The van der Waals surface area contributed by atoms with Crippen LogP contribution in [-0.2, 0) is 0 Å². The van der Waals surface area contributed by atoms with Crippen LogP contribution >= 0.6 is 11.6 Å². The van der Waals surface area contributed by atoms with Crippen molar-refractivity contribution in [3.05, 3.63) is 80.4 Å². The third kappa shape index (κ3) is 2.54. The predicted octanol–water partition coefficient (Wildman–Crippen LogP) is 4.77. The molecule has 3 unspecified atom stereocenters. The molecule has 0 bridgehead atoms. The maximum Gasteiger partial charge on any atom is 0.337 e. The molecule has 26 heavy (non-hydrogen) atoms. The van der Waals surface area contributed by atoms with E-state index in [2.05, 4.69) is 5.32 Å². The van der Waals surface area contributed by atoms with E-state index in [9.17, 15) is 20.0 Å². The Hall–Kier alpha value is -2.86. The van der Waals surface area contributed by atoms with Gasteiger partial charge in [0.05, 0.1) is 27.8 Å². The van der Waals surface area contributed by atoms with Crippen molar-refractivity contribution in [2.45, 2.75) is 18.4 Å². The minimum absolute atomic E-state index is 0.0447. The molecule has 7 heteroatoms. The number of fused-ring (bicyclic) bond motifs is 3. The van der Waals surface area contributed by atoms with Crippen LogP contribution in [0.1, 0.15) is 39.9 Å². The number of nitro benzene ring substituents is 1. The molecule has 0 spiro atoms. The van der Waals surface area contributed by atoms with E-state index >= 15 is 0 Å². The average molecular weight is 371 g/mol. The van der Waals surface area contributed by atoms with Crippen LogP contribution in [0.5, 0.6) is 0 Å². The maximum atomic E-state index is 11.7. The van der Waals surface area contributed by atoms with Crippen LogP contribution in [0.25, 0.3) is 0 Å². The standard InChI is InChI=1S/C19H15ClN2O4/c20-11-6-4-10(5-7-11)17-13-3-1-2-12(13)16-15(22(25)26)9-8-14(19(23)24)18(16)21-17/h1-2,4-9,12-13,17,21H,3H2,(H,23,24). The van der Waals surface area contributed by atoms with Gasteiger partial charge in [0.25, 0.3) is 5.69 Å². The molecule has 0 radical (unpaired) electrons. The normalized spacial score (nSPS) is 23.0. The minimum atomic E-state index is -1.11. The molecule has 1 heterocycles. The number of benzene rings is 2. The van der Waals surface area contributed by atoms with Gasteiger partial charge in [0.2, 0.25) is 0 Å². The summed E-state index contributed by atoms with van der Waals surface area (Å²) in [5, 5.41) is 25.0. The molecule has 0 saturated carbocycles. The summed E-state index contributed by atoms with van der Waals surface area (Å²) in [6.45, 7) is 0. The van der Waals surface area contributed by atoms with Crippen molar-refractivity contribution in [3.63, 3.8) is 0 Å². The summed E-state index contributed by atoms with van der Waals surface area (Å²) in [6, 6.07) is 9.81. The van der Waals surface area contributed by atoms with Crippen LogP contribution < -0.4 is 5.32 Å². The number of anilines is 1. The van der Waals surface area contributed by atoms with E-state index in [-0.39, 0.29) is 29.1 Å². The molecule has 6 nitrogen and oxygen atoms in total. The summed E-state index contributed by atoms with van der Waals surface area (Å²) < 4.78 is 0. The second-order valence-corrected chi connectivity index (χ2v) is 6.95. The summed E-state index contributed by atoms with van der Waals surface area (Å²) in [5.41, 5.74) is 1.76. The van der Waals surface area contributed by atoms with Crippen LogP contribution in [0.4, 0.5) is 11.4 Å². The number of hydrogen-bond acceptors (Lipinski definition) is 4. The number of allylic oxidation sites excluding steroid dienone is 2. The van der Waals surface area contributed by atoms with Crippen molar-refractivity contribution in [3.8, 4) is 0 Å². The molecule has 1 aliphatic carbocycles. The first-order chi connectivity index (χ1) is 12.5. The van der Waals surface area contributed by atoms with Crippen molar-refractivity contribution in [1.29, 1.82) is 0 Å². The number of hydrogen-bond donors (Lipinski definition) is 2. The number of aromatic carboxylic acids is 1. The Balaban J connectivity index is 1.91. The fraction of sp³-hybridized carbons (Fsp3) is 0.211. The highest BCUT2D eigenvalue weighted by molar-refractivity contribution is 6.30. The van der Waals surface area contributed by atoms with Gasteiger partial charge in [-0.2, -0.15) is 0 Å². The first kappa shape index (κ1) is 16.6. The van der Waals surface area contributed by atoms with E-state index in [4.69, 9.17) is 11.6 Å². The van der Waals surface area contributed by atoms with Crippen LogP contribution in [0.3, 0.4) is 0 Å². The van der Waals surface area contributed by atoms with Gasteiger partial charge >= 0.3 is 5.97 Å². The number of carboxylic acids is 1. The fourth-order valence-corrected chi connectivity index (χ4v) is 4.15. The largest absolute Gasteiger partial charge is 0.478 e. The zero-order valence-corrected chi connectivity index (χ0v) is 14.3. The lowest BCUT2D eigenvalue weighted by atomic mass is 9.75. The Morgan fingerprint density at radius 3 is 2.62 bits per heavy atom. The number of nitrogens with zero attached hydrogens (tertiary/aromatic N) is 1. The first-order valence-electron chi connectivity index (χ1n) is 8.20. The molecule has 132 valence electrons. The molecule has 2 aromatic rings. The zero-order chi connectivity index (χ0) is 18.4. The fourth-order valence-electron chi connectivity index (χ4n) is 4.03. The summed E-state index contributed by atoms with van der Waals surface area (Å²) in [7, 11) is 0. The van der Waals surface area contributed by atoms with Gasteiger partial charge in [-0.15, -0.1) is 0 Å². The lowest BCUT2D eigenvalue weighted by Crippen LogP contribution is -2.31. The van der Waals surface area contributed by atoms with Crippen LogP contribution in [0.2, 0.25) is 5.02 Å². The molecule has 2 aliphatic rings. The number of nitro groups is 1. The molecule has 1 aliphatic heterocycles. The van der Waals surface area contributed by atoms with Gasteiger partial charge in [0, 0.05) is 17.0 Å². The third-order valence-electron chi connectivity index (χ3n) is 5.15. The first-order valence-corrected chi connectivity index (χ1v) is 8.58. The van der Waals surface area contributed by atoms with Crippen LogP contribution in [-0.4, -0.2) is 16.0 Å². The number of rotatable bonds is 3. The Labute approximate surface area is 154 Å². The number of carbonyl (C=O) groups is 1. The van der Waals surface area contributed by atoms with Gasteiger partial charge in [-0.3, -0.25) is 10.1 Å². The van der Waals surface area contributed by atoms with Gasteiger partial charge in [0.15, 0.2) is 0 Å². The molecule has 4 rings (SSSR count). The highest BCUT2D eigenvalue weighted by Gasteiger charge is 2.43. The van der Waals surface area contributed by atoms with E-state index in [1.165, 1.54) is 12.1 Å². The van der Waals surface area contributed by atoms with Crippen molar-refractivity contribution >= 4 is 28.9 Å². The molecule has 0 fully saturated rings. The number of nitrogens with one attached hydrogen (secondary N) is 1. The molecule has 3 atom stereocenters. The van der Waals surface area contributed by atoms with Gasteiger partial charge in [-0.05, 0) is 36.1 Å². The molecule has 2 aromatic carbocycles. The highest BCUT2D eigenvalue weighted by Crippen LogP contribution is 2.53. The van der Waals surface area contributed by atoms with E-state index in [0.29, 0.717) is 16.3 Å². The van der Waals surface area contributed by atoms with Crippen molar-refractivity contribution < 1.29 is 14.8 Å². The summed E-state index contributed by atoms with van der Waals surface area (Å²) >= 11 is 5.98. The number of carboxylic acid groups (broad SMARTS) is 1. The SMILES string of the molecule is O=C(O)c1ccc([N+](=O)[O-])c2c1NC(c1ccc(Cl)cc1)C1CC=CC21. The lowest BCUT2D eigenvalue weighted by Gasteiger charge is -2.37. The van der Waals surface area contributed by atoms with Crippen molar-refractivity contribution in [2.75, 3.05) is 5.32 Å². The second-order valence-electron chi connectivity index (χ2n) is 6.51. The van der Waals surface area contributed by atoms with Crippen molar-refractivity contribution in [2.24, 2.45) is 5.92 Å². The summed E-state index contributed by atoms with van der Waals surface area (Å²) in [6.07, 6.45) is 4.72. The summed E-state index contributed by atoms with van der Waals surface area (Å²) in [5.74, 6) is -1.24. The highest BCUT2D eigenvalue weighted by atomic mass is 35.5. The maximum absolute atomic E-state index is 11.7. The number of halogens is 1. The molecule has 0 amide bonds. The van der Waals surface area contributed by atoms with Crippen molar-refractivity contribution in [1.82, 2.24) is 0 Å². The van der Waals surface area contributed by atoms with Crippen LogP contribution in [0, 0.1) is 16.0 Å². The van der Waals surface area contributed by atoms with Gasteiger partial charge in [-0.25, -0.2) is 4.79 Å².